The van der Waals surface area contributed by atoms with E-state index in [1.54, 1.807) is 19.1 Å². The first-order chi connectivity index (χ1) is 13.2. The minimum Gasteiger partial charge on any atom is -0.462 e. The average Bonchev–Trinajstić information content (AvgIpc) is 2.84. The van der Waals surface area contributed by atoms with E-state index in [9.17, 15) is 4.79 Å². The van der Waals surface area contributed by atoms with Crippen LogP contribution in [0.3, 0.4) is 0 Å². The lowest BCUT2D eigenvalue weighted by atomic mass is 9.99. The molecule has 0 unspecified atom stereocenters. The van der Waals surface area contributed by atoms with Crippen LogP contribution in [0.1, 0.15) is 34.0 Å². The van der Waals surface area contributed by atoms with Crippen molar-refractivity contribution >= 4 is 17.4 Å². The monoisotopic (exact) mass is 357 g/mol. The second-order valence-corrected chi connectivity index (χ2v) is 6.33. The second-order valence-electron chi connectivity index (χ2n) is 6.33. The maximum atomic E-state index is 11.9. The van der Waals surface area contributed by atoms with Crippen LogP contribution in [0.5, 0.6) is 11.5 Å². The fourth-order valence-corrected chi connectivity index (χ4v) is 3.04. The van der Waals surface area contributed by atoms with E-state index in [2.05, 4.69) is 0 Å². The van der Waals surface area contributed by atoms with Gasteiger partial charge in [0.1, 0.15) is 11.4 Å². The first-order valence-electron chi connectivity index (χ1n) is 8.90. The minimum atomic E-state index is -0.323. The lowest BCUT2D eigenvalue weighted by molar-refractivity contribution is 0.0526. The van der Waals surface area contributed by atoms with Crippen molar-refractivity contribution in [3.8, 4) is 11.5 Å². The van der Waals surface area contributed by atoms with Crippen molar-refractivity contribution in [3.05, 3.63) is 89.0 Å². The van der Waals surface area contributed by atoms with Gasteiger partial charge in [0.25, 0.3) is 0 Å². The van der Waals surface area contributed by atoms with Gasteiger partial charge >= 0.3 is 5.97 Å². The maximum Gasteiger partial charge on any atom is 0.338 e. The van der Waals surface area contributed by atoms with E-state index in [1.807, 2.05) is 61.5 Å². The Balaban J connectivity index is 1.83. The molecule has 0 bridgehead atoms. The summed E-state index contributed by atoms with van der Waals surface area (Å²) in [5.41, 5.74) is 5.05. The van der Waals surface area contributed by atoms with E-state index in [0.29, 0.717) is 12.2 Å². The number of aryl methyl sites for hydroxylation is 1. The Morgan fingerprint density at radius 1 is 1.00 bits per heavy atom. The van der Waals surface area contributed by atoms with Gasteiger partial charge in [0.15, 0.2) is 5.75 Å². The minimum absolute atomic E-state index is 0.323. The Labute approximate surface area is 158 Å². The standard InChI is InChI=1S/C23H19NO3/c1-3-26-23(25)17-11-9-16(10-12-17)22-18-13-8-15(2)14-21(18)27-20-7-5-4-6-19(20)24-22/h4-14H,3H2,1-2H3. The number of carbonyl (C=O) groups is 1. The number of benzene rings is 3. The molecule has 1 heterocycles. The highest BCUT2D eigenvalue weighted by Gasteiger charge is 2.20. The third-order valence-corrected chi connectivity index (χ3v) is 4.38. The van der Waals surface area contributed by atoms with Crippen molar-refractivity contribution in [1.29, 1.82) is 0 Å². The van der Waals surface area contributed by atoms with Crippen molar-refractivity contribution in [1.82, 2.24) is 0 Å². The van der Waals surface area contributed by atoms with Crippen LogP contribution in [0.2, 0.25) is 0 Å². The highest BCUT2D eigenvalue weighted by Crippen LogP contribution is 2.38. The summed E-state index contributed by atoms with van der Waals surface area (Å²) >= 11 is 0. The van der Waals surface area contributed by atoms with Gasteiger partial charge < -0.3 is 9.47 Å². The summed E-state index contributed by atoms with van der Waals surface area (Å²) in [7, 11) is 0. The molecule has 3 aromatic carbocycles. The number of nitrogens with zero attached hydrogens (tertiary/aromatic N) is 1. The third kappa shape index (κ3) is 3.34. The van der Waals surface area contributed by atoms with Crippen LogP contribution in [-0.4, -0.2) is 18.3 Å². The summed E-state index contributed by atoms with van der Waals surface area (Å²) in [5.74, 6) is 1.17. The quantitative estimate of drug-likeness (QED) is 0.458. The first-order valence-corrected chi connectivity index (χ1v) is 8.90. The number of fused-ring (bicyclic) bond motifs is 2. The molecule has 0 saturated carbocycles. The number of esters is 1. The van der Waals surface area contributed by atoms with Gasteiger partial charge in [0.05, 0.1) is 17.9 Å². The van der Waals surface area contributed by atoms with E-state index in [-0.39, 0.29) is 5.97 Å². The van der Waals surface area contributed by atoms with E-state index in [4.69, 9.17) is 14.5 Å². The second kappa shape index (κ2) is 7.08. The Hall–Kier alpha value is -3.40. The predicted molar refractivity (Wildman–Crippen MR) is 105 cm³/mol. The molecular weight excluding hydrogens is 338 g/mol. The molecule has 134 valence electrons. The zero-order valence-corrected chi connectivity index (χ0v) is 15.2. The van der Waals surface area contributed by atoms with Crippen LogP contribution >= 0.6 is 0 Å². The van der Waals surface area contributed by atoms with E-state index >= 15 is 0 Å². The molecule has 4 heteroatoms. The molecule has 1 aliphatic rings. The van der Waals surface area contributed by atoms with Gasteiger partial charge in [0, 0.05) is 11.1 Å². The number of aliphatic imine (C=N–C) groups is 1. The van der Waals surface area contributed by atoms with E-state index < -0.39 is 0 Å². The Kier molecular flexibility index (Phi) is 4.47. The van der Waals surface area contributed by atoms with Gasteiger partial charge in [-0.15, -0.1) is 0 Å². The SMILES string of the molecule is CCOC(=O)c1ccc(C2=Nc3ccccc3Oc3cc(C)ccc32)cc1. The van der Waals surface area contributed by atoms with Crippen molar-refractivity contribution in [3.63, 3.8) is 0 Å². The number of rotatable bonds is 3. The van der Waals surface area contributed by atoms with Crippen LogP contribution in [0.15, 0.2) is 71.7 Å². The molecule has 3 aromatic rings. The smallest absolute Gasteiger partial charge is 0.338 e. The normalized spacial score (nSPS) is 12.1. The Morgan fingerprint density at radius 2 is 1.78 bits per heavy atom. The highest BCUT2D eigenvalue weighted by atomic mass is 16.5. The lowest BCUT2D eigenvalue weighted by Gasteiger charge is -2.11. The van der Waals surface area contributed by atoms with Crippen LogP contribution in [0.4, 0.5) is 5.69 Å². The van der Waals surface area contributed by atoms with E-state index in [1.165, 1.54) is 0 Å². The van der Waals surface area contributed by atoms with Crippen LogP contribution in [-0.2, 0) is 4.74 Å². The molecule has 1 aliphatic heterocycles. The molecule has 0 amide bonds. The van der Waals surface area contributed by atoms with Gasteiger partial charge in [-0.3, -0.25) is 0 Å². The molecule has 0 saturated heterocycles. The highest BCUT2D eigenvalue weighted by molar-refractivity contribution is 6.16. The van der Waals surface area contributed by atoms with Gasteiger partial charge in [-0.2, -0.15) is 0 Å². The predicted octanol–water partition coefficient (Wildman–Crippen LogP) is 5.45. The molecule has 4 rings (SSSR count). The molecule has 0 aliphatic carbocycles. The van der Waals surface area contributed by atoms with E-state index in [0.717, 1.165) is 39.6 Å². The average molecular weight is 357 g/mol. The molecule has 0 atom stereocenters. The summed E-state index contributed by atoms with van der Waals surface area (Å²) in [6.45, 7) is 4.18. The van der Waals surface area contributed by atoms with Crippen molar-refractivity contribution in [2.75, 3.05) is 6.61 Å². The number of hydrogen-bond acceptors (Lipinski definition) is 4. The molecule has 0 fully saturated rings. The third-order valence-electron chi connectivity index (χ3n) is 4.38. The Bertz CT molecular complexity index is 1040. The van der Waals surface area contributed by atoms with Gasteiger partial charge in [-0.25, -0.2) is 9.79 Å². The zero-order chi connectivity index (χ0) is 18.8. The largest absolute Gasteiger partial charge is 0.462 e. The molecular formula is C23H19NO3. The Morgan fingerprint density at radius 3 is 2.56 bits per heavy atom. The number of hydrogen-bond donors (Lipinski definition) is 0. The maximum absolute atomic E-state index is 11.9. The molecule has 0 radical (unpaired) electrons. The zero-order valence-electron chi connectivity index (χ0n) is 15.2. The van der Waals surface area contributed by atoms with Crippen LogP contribution in [0, 0.1) is 6.92 Å². The van der Waals surface area contributed by atoms with Crippen molar-refractivity contribution in [2.45, 2.75) is 13.8 Å². The number of carbonyl (C=O) groups excluding carboxylic acids is 1. The molecule has 4 nitrogen and oxygen atoms in total. The summed E-state index contributed by atoms with van der Waals surface area (Å²) in [6, 6.07) is 21.1. The van der Waals surface area contributed by atoms with Crippen LogP contribution < -0.4 is 4.74 Å². The van der Waals surface area contributed by atoms with Gasteiger partial charge in [-0.1, -0.05) is 30.3 Å². The lowest BCUT2D eigenvalue weighted by Crippen LogP contribution is -2.07. The molecule has 27 heavy (non-hydrogen) atoms. The van der Waals surface area contributed by atoms with Gasteiger partial charge in [-0.05, 0) is 55.8 Å². The topological polar surface area (TPSA) is 47.9 Å². The first kappa shape index (κ1) is 17.0. The molecule has 0 spiro atoms. The number of para-hydroxylation sites is 2. The summed E-state index contributed by atoms with van der Waals surface area (Å²) in [6.07, 6.45) is 0. The van der Waals surface area contributed by atoms with Crippen molar-refractivity contribution < 1.29 is 14.3 Å². The fourth-order valence-electron chi connectivity index (χ4n) is 3.04. The fraction of sp³-hybridized carbons (Fsp3) is 0.130. The molecule has 0 N–H and O–H groups in total. The van der Waals surface area contributed by atoms with Gasteiger partial charge in [0.2, 0.25) is 0 Å². The van der Waals surface area contributed by atoms with Crippen LogP contribution in [0.25, 0.3) is 0 Å². The number of ether oxygens (including phenoxy) is 2. The van der Waals surface area contributed by atoms with Crippen molar-refractivity contribution in [2.24, 2.45) is 4.99 Å². The molecule has 0 aromatic heterocycles. The summed E-state index contributed by atoms with van der Waals surface area (Å²) in [4.78, 5) is 16.8. The summed E-state index contributed by atoms with van der Waals surface area (Å²) < 4.78 is 11.2. The summed E-state index contributed by atoms with van der Waals surface area (Å²) in [5, 5.41) is 0.